The van der Waals surface area contributed by atoms with Crippen LogP contribution in [0.25, 0.3) is 0 Å². The lowest BCUT2D eigenvalue weighted by Gasteiger charge is -2.40. The fourth-order valence-corrected chi connectivity index (χ4v) is 5.54. The van der Waals surface area contributed by atoms with Gasteiger partial charge in [-0.25, -0.2) is 12.7 Å². The molecule has 1 N–H and O–H groups in total. The van der Waals surface area contributed by atoms with Gasteiger partial charge in [0, 0.05) is 33.1 Å². The maximum absolute atomic E-state index is 13.0. The summed E-state index contributed by atoms with van der Waals surface area (Å²) < 4.78 is 31.3. The lowest BCUT2D eigenvalue weighted by molar-refractivity contribution is -0.131. The summed E-state index contributed by atoms with van der Waals surface area (Å²) in [5.41, 5.74) is 0.279. The van der Waals surface area contributed by atoms with Crippen LogP contribution < -0.4 is 10.1 Å². The first-order valence-corrected chi connectivity index (χ1v) is 12.2. The number of methoxy groups -OCH3 is 1. The molecule has 3 rings (SSSR count). The lowest BCUT2D eigenvalue weighted by atomic mass is 9.77. The first-order chi connectivity index (χ1) is 14.6. The highest BCUT2D eigenvalue weighted by atomic mass is 32.2. The van der Waals surface area contributed by atoms with Gasteiger partial charge < -0.3 is 15.0 Å². The van der Waals surface area contributed by atoms with Gasteiger partial charge in [-0.3, -0.25) is 9.59 Å². The van der Waals surface area contributed by atoms with Gasteiger partial charge in [-0.2, -0.15) is 0 Å². The summed E-state index contributed by atoms with van der Waals surface area (Å²) in [4.78, 5) is 27.6. The van der Waals surface area contributed by atoms with Crippen LogP contribution >= 0.6 is 0 Å². The second-order valence-corrected chi connectivity index (χ2v) is 11.1. The normalized spacial score (nSPS) is 26.9. The van der Waals surface area contributed by atoms with Crippen LogP contribution in [0, 0.1) is 17.8 Å². The van der Waals surface area contributed by atoms with Crippen molar-refractivity contribution in [3.05, 3.63) is 18.2 Å². The fraction of sp³-hybridized carbons (Fsp3) is 0.636. The third kappa shape index (κ3) is 4.72. The molecule has 9 heteroatoms. The zero-order valence-electron chi connectivity index (χ0n) is 18.9. The summed E-state index contributed by atoms with van der Waals surface area (Å²) in [5.74, 6) is 0.572. The van der Waals surface area contributed by atoms with Crippen molar-refractivity contribution < 1.29 is 22.7 Å². The van der Waals surface area contributed by atoms with Crippen LogP contribution in [0.2, 0.25) is 0 Å². The van der Waals surface area contributed by atoms with E-state index in [0.717, 1.165) is 17.1 Å². The number of nitrogens with zero attached hydrogens (tertiary/aromatic N) is 2. The van der Waals surface area contributed by atoms with Crippen LogP contribution in [0.15, 0.2) is 23.1 Å². The van der Waals surface area contributed by atoms with E-state index in [1.54, 1.807) is 0 Å². The molecule has 0 unspecified atom stereocenters. The molecule has 0 aromatic heterocycles. The van der Waals surface area contributed by atoms with Gasteiger partial charge in [0.25, 0.3) is 0 Å². The van der Waals surface area contributed by atoms with E-state index in [1.807, 2.05) is 4.90 Å². The fourth-order valence-electron chi connectivity index (χ4n) is 4.61. The number of likely N-dealkylation sites (tertiary alicyclic amines) is 1. The Kier molecular flexibility index (Phi) is 6.95. The molecule has 0 bridgehead atoms. The summed E-state index contributed by atoms with van der Waals surface area (Å²) in [6, 6.07) is 4.53. The number of carbonyl (C=O) groups is 2. The van der Waals surface area contributed by atoms with Crippen molar-refractivity contribution in [2.45, 2.75) is 50.5 Å². The Hall–Kier alpha value is -2.13. The van der Waals surface area contributed by atoms with Crippen molar-refractivity contribution in [1.82, 2.24) is 9.21 Å². The first kappa shape index (κ1) is 23.5. The number of ether oxygens (including phenoxy) is 1. The van der Waals surface area contributed by atoms with Gasteiger partial charge in [0.15, 0.2) is 0 Å². The number of carbonyl (C=O) groups excluding carboxylic acids is 2. The van der Waals surface area contributed by atoms with Crippen molar-refractivity contribution in [2.24, 2.45) is 17.8 Å². The summed E-state index contributed by atoms with van der Waals surface area (Å²) in [6.07, 6.45) is 3.42. The number of nitrogens with one attached hydrogen (secondary N) is 1. The lowest BCUT2D eigenvalue weighted by Crippen LogP contribution is -2.45. The van der Waals surface area contributed by atoms with Crippen molar-refractivity contribution in [2.75, 3.05) is 33.1 Å². The molecule has 0 spiro atoms. The average Bonchev–Trinajstić information content (AvgIpc) is 3.11. The highest BCUT2D eigenvalue weighted by Crippen LogP contribution is 2.36. The Labute approximate surface area is 185 Å². The predicted molar refractivity (Wildman–Crippen MR) is 118 cm³/mol. The molecule has 2 amide bonds. The van der Waals surface area contributed by atoms with Gasteiger partial charge in [0.1, 0.15) is 5.75 Å². The number of hydrogen-bond donors (Lipinski definition) is 1. The van der Waals surface area contributed by atoms with Crippen molar-refractivity contribution in [1.29, 1.82) is 0 Å². The van der Waals surface area contributed by atoms with Gasteiger partial charge in [0.05, 0.1) is 23.6 Å². The second-order valence-electron chi connectivity index (χ2n) is 8.92. The van der Waals surface area contributed by atoms with E-state index in [0.29, 0.717) is 24.1 Å². The average molecular weight is 452 g/mol. The van der Waals surface area contributed by atoms with Crippen LogP contribution in [0.1, 0.15) is 39.5 Å². The summed E-state index contributed by atoms with van der Waals surface area (Å²) in [7, 11) is 0.694. The molecule has 2 aliphatic rings. The molecular weight excluding hydrogens is 418 g/mol. The van der Waals surface area contributed by atoms with Gasteiger partial charge in [-0.15, -0.1) is 0 Å². The summed E-state index contributed by atoms with van der Waals surface area (Å²) in [6.45, 7) is 4.81. The zero-order valence-corrected chi connectivity index (χ0v) is 19.7. The van der Waals surface area contributed by atoms with Crippen LogP contribution in [0.3, 0.4) is 0 Å². The summed E-state index contributed by atoms with van der Waals surface area (Å²) >= 11 is 0. The molecule has 172 valence electrons. The molecule has 1 aliphatic heterocycles. The molecule has 1 heterocycles. The van der Waals surface area contributed by atoms with Crippen LogP contribution in [0.4, 0.5) is 5.69 Å². The maximum Gasteiger partial charge on any atom is 0.242 e. The predicted octanol–water partition coefficient (Wildman–Crippen LogP) is 2.56. The van der Waals surface area contributed by atoms with Crippen LogP contribution in [-0.2, 0) is 19.6 Å². The Morgan fingerprint density at radius 2 is 1.94 bits per heavy atom. The van der Waals surface area contributed by atoms with E-state index in [1.165, 1.54) is 45.8 Å². The molecule has 1 aromatic rings. The minimum absolute atomic E-state index is 0.0157. The molecule has 0 radical (unpaired) electrons. The topological polar surface area (TPSA) is 96.0 Å². The number of sulfonamides is 1. The first-order valence-electron chi connectivity index (χ1n) is 10.8. The van der Waals surface area contributed by atoms with Gasteiger partial charge in [-0.1, -0.05) is 26.7 Å². The largest absolute Gasteiger partial charge is 0.495 e. The SMILES string of the molecule is COc1ccc(S(=O)(=O)N(C)C)cc1NC(=O)[C@@H]1CC(=O)N([C@@H]2CCC[C@H](C)[C@H]2C)C1. The van der Waals surface area contributed by atoms with Crippen molar-refractivity contribution in [3.8, 4) is 5.75 Å². The van der Waals surface area contributed by atoms with Gasteiger partial charge in [-0.05, 0) is 36.5 Å². The Morgan fingerprint density at radius 3 is 2.58 bits per heavy atom. The van der Waals surface area contributed by atoms with Crippen LogP contribution in [-0.4, -0.2) is 63.2 Å². The maximum atomic E-state index is 13.0. The van der Waals surface area contributed by atoms with Crippen LogP contribution in [0.5, 0.6) is 5.75 Å². The standard InChI is InChI=1S/C22H33N3O5S/c1-14-7-6-8-19(15(14)2)25-13-16(11-21(25)26)22(27)23-18-12-17(9-10-20(18)30-5)31(28,29)24(3)4/h9-10,12,14-16,19H,6-8,11,13H2,1-5H3,(H,23,27)/t14-,15+,16+,19+/m0/s1. The molecule has 1 saturated carbocycles. The number of rotatable bonds is 6. The molecule has 1 saturated heterocycles. The summed E-state index contributed by atoms with van der Waals surface area (Å²) in [5, 5.41) is 2.79. The smallest absolute Gasteiger partial charge is 0.242 e. The number of amides is 2. The van der Waals surface area contributed by atoms with Crippen molar-refractivity contribution in [3.63, 3.8) is 0 Å². The number of anilines is 1. The minimum atomic E-state index is -3.66. The molecule has 1 aromatic carbocycles. The molecule has 2 fully saturated rings. The highest BCUT2D eigenvalue weighted by molar-refractivity contribution is 7.89. The quantitative estimate of drug-likeness (QED) is 0.717. The molecule has 4 atom stereocenters. The van der Waals surface area contributed by atoms with E-state index in [9.17, 15) is 18.0 Å². The Bertz CT molecular complexity index is 946. The third-order valence-corrected chi connectivity index (χ3v) is 8.61. The second kappa shape index (κ2) is 9.16. The van der Waals surface area contributed by atoms with Gasteiger partial charge in [0.2, 0.25) is 21.8 Å². The third-order valence-electron chi connectivity index (χ3n) is 6.80. The highest BCUT2D eigenvalue weighted by Gasteiger charge is 2.41. The molecule has 31 heavy (non-hydrogen) atoms. The van der Waals surface area contributed by atoms with E-state index in [-0.39, 0.29) is 34.9 Å². The molecule has 1 aliphatic carbocycles. The van der Waals surface area contributed by atoms with E-state index < -0.39 is 15.9 Å². The van der Waals surface area contributed by atoms with Gasteiger partial charge >= 0.3 is 0 Å². The zero-order chi connectivity index (χ0) is 22.9. The van der Waals surface area contributed by atoms with E-state index >= 15 is 0 Å². The molecule has 8 nitrogen and oxygen atoms in total. The number of hydrogen-bond acceptors (Lipinski definition) is 5. The van der Waals surface area contributed by atoms with E-state index in [2.05, 4.69) is 19.2 Å². The minimum Gasteiger partial charge on any atom is -0.495 e. The Morgan fingerprint density at radius 1 is 1.23 bits per heavy atom. The van der Waals surface area contributed by atoms with Crippen molar-refractivity contribution >= 4 is 27.5 Å². The molecular formula is C22H33N3O5S. The Balaban J connectivity index is 1.77. The number of benzene rings is 1. The monoisotopic (exact) mass is 451 g/mol. The van der Waals surface area contributed by atoms with E-state index in [4.69, 9.17) is 4.74 Å².